The second kappa shape index (κ2) is 8.32. The highest BCUT2D eigenvalue weighted by molar-refractivity contribution is 5.33. The van der Waals surface area contributed by atoms with Gasteiger partial charge in [0.25, 0.3) is 0 Å². The predicted octanol–water partition coefficient (Wildman–Crippen LogP) is 3.33. The summed E-state index contributed by atoms with van der Waals surface area (Å²) in [5, 5.41) is 0. The molecule has 1 aromatic carbocycles. The molecule has 0 spiro atoms. The summed E-state index contributed by atoms with van der Waals surface area (Å²) in [5.41, 5.74) is 0.791. The normalized spacial score (nSPS) is 10.7. The summed E-state index contributed by atoms with van der Waals surface area (Å²) in [6, 6.07) is 6.08. The first-order chi connectivity index (χ1) is 8.33. The maximum Gasteiger partial charge on any atom is 0.123 e. The van der Waals surface area contributed by atoms with Gasteiger partial charge in [0.1, 0.15) is 12.4 Å². The maximum absolute atomic E-state index is 12.6. The predicted molar refractivity (Wildman–Crippen MR) is 68.1 cm³/mol. The third kappa shape index (κ3) is 6.34. The van der Waals surface area contributed by atoms with Crippen LogP contribution in [0.1, 0.15) is 12.5 Å². The molecule has 0 amide bonds. The van der Waals surface area contributed by atoms with Crippen molar-refractivity contribution in [1.29, 1.82) is 0 Å². The van der Waals surface area contributed by atoms with Crippen LogP contribution < -0.4 is 0 Å². The van der Waals surface area contributed by atoms with Crippen LogP contribution in [0.25, 0.3) is 0 Å². The van der Waals surface area contributed by atoms with E-state index in [1.165, 1.54) is 12.1 Å². The van der Waals surface area contributed by atoms with Crippen molar-refractivity contribution in [3.05, 3.63) is 60.0 Å². The van der Waals surface area contributed by atoms with E-state index in [0.29, 0.717) is 13.2 Å². The zero-order valence-electron chi connectivity index (χ0n) is 9.82. The molecule has 0 heterocycles. The van der Waals surface area contributed by atoms with Crippen LogP contribution in [0.15, 0.2) is 48.6 Å². The van der Waals surface area contributed by atoms with Gasteiger partial charge in [0.2, 0.25) is 0 Å². The molecular weight excluding hydrogens is 215 g/mol. The van der Waals surface area contributed by atoms with Crippen molar-refractivity contribution in [2.75, 3.05) is 13.2 Å². The third-order valence-electron chi connectivity index (χ3n) is 1.90. The number of hydrogen-bond donors (Lipinski definition) is 0. The molecular formula is C15H15FO. The molecule has 0 aliphatic rings. The van der Waals surface area contributed by atoms with E-state index in [1.807, 2.05) is 31.2 Å². The van der Waals surface area contributed by atoms with E-state index < -0.39 is 0 Å². The summed E-state index contributed by atoms with van der Waals surface area (Å²) in [5.74, 6) is 5.51. The van der Waals surface area contributed by atoms with Crippen LogP contribution >= 0.6 is 0 Å². The fraction of sp³-hybridized carbons (Fsp3) is 0.200. The average molecular weight is 230 g/mol. The van der Waals surface area contributed by atoms with Crippen LogP contribution in [-0.4, -0.2) is 13.2 Å². The van der Waals surface area contributed by atoms with Gasteiger partial charge >= 0.3 is 0 Å². The molecule has 2 heteroatoms. The largest absolute Gasteiger partial charge is 0.365 e. The van der Waals surface area contributed by atoms with Crippen LogP contribution in [0.4, 0.5) is 4.39 Å². The van der Waals surface area contributed by atoms with E-state index >= 15 is 0 Å². The van der Waals surface area contributed by atoms with Gasteiger partial charge in [0.15, 0.2) is 0 Å². The lowest BCUT2D eigenvalue weighted by Crippen LogP contribution is -1.90. The molecule has 88 valence electrons. The van der Waals surface area contributed by atoms with Crippen LogP contribution in [0, 0.1) is 17.7 Å². The summed E-state index contributed by atoms with van der Waals surface area (Å²) in [6.45, 7) is 2.87. The van der Waals surface area contributed by atoms with Crippen molar-refractivity contribution in [3.8, 4) is 11.8 Å². The monoisotopic (exact) mass is 230 g/mol. The first kappa shape index (κ1) is 13.2. The fourth-order valence-electron chi connectivity index (χ4n) is 1.09. The Bertz CT molecular complexity index is 432. The van der Waals surface area contributed by atoms with E-state index in [0.717, 1.165) is 5.56 Å². The zero-order valence-corrected chi connectivity index (χ0v) is 9.82. The van der Waals surface area contributed by atoms with Crippen molar-refractivity contribution < 1.29 is 9.13 Å². The third-order valence-corrected chi connectivity index (χ3v) is 1.90. The standard InChI is InChI=1S/C15H15FO/c1-2-3-4-5-12-17-13-6-7-14-8-10-15(16)11-9-14/h2-5,8-11H,12-13H2,1H3/b3-2+,5-4+. The highest BCUT2D eigenvalue weighted by Gasteiger charge is 1.87. The molecule has 0 N–H and O–H groups in total. The minimum Gasteiger partial charge on any atom is -0.365 e. The SMILES string of the molecule is C/C=C/C=C/COCC#Cc1ccc(F)cc1. The van der Waals surface area contributed by atoms with Crippen LogP contribution in [-0.2, 0) is 4.74 Å². The summed E-state index contributed by atoms with van der Waals surface area (Å²) in [4.78, 5) is 0. The maximum atomic E-state index is 12.6. The van der Waals surface area contributed by atoms with Crippen molar-refractivity contribution in [2.24, 2.45) is 0 Å². The lowest BCUT2D eigenvalue weighted by atomic mass is 10.2. The Morgan fingerprint density at radius 3 is 2.71 bits per heavy atom. The Morgan fingerprint density at radius 2 is 2.00 bits per heavy atom. The van der Waals surface area contributed by atoms with Crippen molar-refractivity contribution in [1.82, 2.24) is 0 Å². The van der Waals surface area contributed by atoms with Crippen LogP contribution in [0.5, 0.6) is 0 Å². The molecule has 0 aliphatic heterocycles. The Balaban J connectivity index is 2.25. The van der Waals surface area contributed by atoms with Gasteiger partial charge in [0.05, 0.1) is 6.61 Å². The number of halogens is 1. The Hall–Kier alpha value is -1.85. The molecule has 0 bridgehead atoms. The highest BCUT2D eigenvalue weighted by Crippen LogP contribution is 2.00. The van der Waals surface area contributed by atoms with Crippen LogP contribution in [0.2, 0.25) is 0 Å². The quantitative estimate of drug-likeness (QED) is 0.438. The lowest BCUT2D eigenvalue weighted by molar-refractivity contribution is 0.199. The van der Waals surface area contributed by atoms with Gasteiger partial charge in [-0.25, -0.2) is 4.39 Å². The van der Waals surface area contributed by atoms with Gasteiger partial charge in [-0.3, -0.25) is 0 Å². The molecule has 0 atom stereocenters. The van der Waals surface area contributed by atoms with E-state index in [1.54, 1.807) is 12.1 Å². The lowest BCUT2D eigenvalue weighted by Gasteiger charge is -1.92. The molecule has 0 saturated carbocycles. The fourth-order valence-corrected chi connectivity index (χ4v) is 1.09. The minimum atomic E-state index is -0.249. The summed E-state index contributed by atoms with van der Waals surface area (Å²) in [6.07, 6.45) is 7.73. The number of benzene rings is 1. The molecule has 0 aromatic heterocycles. The average Bonchev–Trinajstić information content (AvgIpc) is 2.35. The summed E-state index contributed by atoms with van der Waals surface area (Å²) >= 11 is 0. The first-order valence-corrected chi connectivity index (χ1v) is 5.43. The number of rotatable bonds is 4. The van der Waals surface area contributed by atoms with Gasteiger partial charge in [-0.05, 0) is 31.2 Å². The molecule has 0 fully saturated rings. The van der Waals surface area contributed by atoms with Crippen molar-refractivity contribution in [2.45, 2.75) is 6.92 Å². The Morgan fingerprint density at radius 1 is 1.24 bits per heavy atom. The smallest absolute Gasteiger partial charge is 0.123 e. The number of allylic oxidation sites excluding steroid dienone is 3. The highest BCUT2D eigenvalue weighted by atomic mass is 19.1. The molecule has 1 nitrogen and oxygen atoms in total. The van der Waals surface area contributed by atoms with Crippen molar-refractivity contribution >= 4 is 0 Å². The summed E-state index contributed by atoms with van der Waals surface area (Å²) < 4.78 is 17.8. The van der Waals surface area contributed by atoms with E-state index in [9.17, 15) is 4.39 Å². The van der Waals surface area contributed by atoms with Gasteiger partial charge in [-0.15, -0.1) is 0 Å². The number of hydrogen-bond acceptors (Lipinski definition) is 1. The summed E-state index contributed by atoms with van der Waals surface area (Å²) in [7, 11) is 0. The van der Waals surface area contributed by atoms with Crippen LogP contribution in [0.3, 0.4) is 0 Å². The molecule has 0 radical (unpaired) electrons. The zero-order chi connectivity index (χ0) is 12.3. The van der Waals surface area contributed by atoms with E-state index in [2.05, 4.69) is 11.8 Å². The van der Waals surface area contributed by atoms with Gasteiger partial charge in [-0.1, -0.05) is 36.1 Å². The molecule has 17 heavy (non-hydrogen) atoms. The van der Waals surface area contributed by atoms with Crippen molar-refractivity contribution in [3.63, 3.8) is 0 Å². The molecule has 0 unspecified atom stereocenters. The van der Waals surface area contributed by atoms with E-state index in [4.69, 9.17) is 4.74 Å². The molecule has 1 aromatic rings. The first-order valence-electron chi connectivity index (χ1n) is 5.43. The molecule has 0 saturated heterocycles. The molecule has 0 aliphatic carbocycles. The van der Waals surface area contributed by atoms with E-state index in [-0.39, 0.29) is 5.82 Å². The van der Waals surface area contributed by atoms with Gasteiger partial charge in [-0.2, -0.15) is 0 Å². The second-order valence-corrected chi connectivity index (χ2v) is 3.28. The minimum absolute atomic E-state index is 0.249. The Kier molecular flexibility index (Phi) is 6.47. The Labute approximate surface area is 102 Å². The number of ether oxygens (including phenoxy) is 1. The second-order valence-electron chi connectivity index (χ2n) is 3.28. The van der Waals surface area contributed by atoms with Gasteiger partial charge in [0, 0.05) is 5.56 Å². The van der Waals surface area contributed by atoms with Gasteiger partial charge < -0.3 is 4.74 Å². The topological polar surface area (TPSA) is 9.23 Å². The molecule has 1 rings (SSSR count).